The molecule has 9 nitrogen and oxygen atoms in total. The molecule has 2 amide bonds. The number of amides is 2. The number of ether oxygens (including phenoxy) is 1. The van der Waals surface area contributed by atoms with Crippen LogP contribution in [-0.4, -0.2) is 51.5 Å². The summed E-state index contributed by atoms with van der Waals surface area (Å²) in [5.41, 5.74) is 4.89. The Kier molecular flexibility index (Phi) is 10.8. The van der Waals surface area contributed by atoms with Gasteiger partial charge in [0.2, 0.25) is 5.91 Å². The van der Waals surface area contributed by atoms with Crippen LogP contribution in [0.1, 0.15) is 70.0 Å². The summed E-state index contributed by atoms with van der Waals surface area (Å²) in [6.07, 6.45) is 3.70. The Morgan fingerprint density at radius 3 is 1.87 bits per heavy atom. The Balaban J connectivity index is 1.45. The Morgan fingerprint density at radius 1 is 0.766 bits per heavy atom. The van der Waals surface area contributed by atoms with Gasteiger partial charge in [-0.1, -0.05) is 90.1 Å². The number of benzene rings is 3. The van der Waals surface area contributed by atoms with Gasteiger partial charge in [-0.3, -0.25) is 14.4 Å². The molecule has 0 aliphatic heterocycles. The normalized spacial score (nSPS) is 12.9. The first-order chi connectivity index (χ1) is 22.1. The predicted molar refractivity (Wildman–Crippen MR) is 183 cm³/mol. The molecule has 4 aromatic rings. The lowest BCUT2D eigenvalue weighted by molar-refractivity contribution is -0.141. The van der Waals surface area contributed by atoms with Crippen molar-refractivity contribution in [2.24, 2.45) is 5.41 Å². The summed E-state index contributed by atoms with van der Waals surface area (Å²) in [6, 6.07) is 20.3. The average molecular weight is 637 g/mol. The third kappa shape index (κ3) is 9.97. The van der Waals surface area contributed by atoms with E-state index in [1.54, 1.807) is 24.5 Å². The van der Waals surface area contributed by atoms with Crippen LogP contribution in [0.15, 0.2) is 85.2 Å². The molecule has 9 heteroatoms. The van der Waals surface area contributed by atoms with Gasteiger partial charge in [-0.25, -0.2) is 9.97 Å². The van der Waals surface area contributed by atoms with E-state index in [1.165, 1.54) is 6.92 Å². The molecule has 1 heterocycles. The van der Waals surface area contributed by atoms with E-state index in [0.717, 1.165) is 33.6 Å². The number of nitrogens with one attached hydrogen (secondary N) is 2. The number of carboxylic acids is 1. The highest BCUT2D eigenvalue weighted by molar-refractivity contribution is 5.98. The summed E-state index contributed by atoms with van der Waals surface area (Å²) >= 11 is 0. The monoisotopic (exact) mass is 636 g/mol. The van der Waals surface area contributed by atoms with Gasteiger partial charge in [-0.15, -0.1) is 0 Å². The molecule has 1 aromatic heterocycles. The zero-order valence-electron chi connectivity index (χ0n) is 28.1. The number of aromatic nitrogens is 2. The first kappa shape index (κ1) is 34.8. The minimum absolute atomic E-state index is 0.0719. The van der Waals surface area contributed by atoms with Crippen molar-refractivity contribution in [3.63, 3.8) is 0 Å². The topological polar surface area (TPSA) is 131 Å². The largest absolute Gasteiger partial charge is 0.493 e. The highest BCUT2D eigenvalue weighted by atomic mass is 16.5. The summed E-state index contributed by atoms with van der Waals surface area (Å²) in [7, 11) is 0. The molecule has 0 aliphatic rings. The fourth-order valence-corrected chi connectivity index (χ4v) is 4.64. The first-order valence-corrected chi connectivity index (χ1v) is 15.7. The maximum Gasteiger partial charge on any atom is 0.325 e. The number of carbonyl (C=O) groups excluding carboxylic acids is 2. The van der Waals surface area contributed by atoms with E-state index in [4.69, 9.17) is 4.74 Å². The molecule has 246 valence electrons. The van der Waals surface area contributed by atoms with Gasteiger partial charge < -0.3 is 20.5 Å². The van der Waals surface area contributed by atoms with Crippen molar-refractivity contribution in [3.05, 3.63) is 102 Å². The van der Waals surface area contributed by atoms with Crippen molar-refractivity contribution in [2.75, 3.05) is 6.61 Å². The fourth-order valence-electron chi connectivity index (χ4n) is 4.64. The molecule has 0 aliphatic carbocycles. The van der Waals surface area contributed by atoms with Gasteiger partial charge in [0.25, 0.3) is 5.91 Å². The number of rotatable bonds is 11. The molecule has 0 saturated heterocycles. The number of nitrogens with zero attached hydrogens (tertiary/aromatic N) is 2. The van der Waals surface area contributed by atoms with Crippen LogP contribution < -0.4 is 15.4 Å². The maximum absolute atomic E-state index is 13.2. The van der Waals surface area contributed by atoms with Crippen LogP contribution in [-0.2, 0) is 21.4 Å². The van der Waals surface area contributed by atoms with Crippen LogP contribution in [0.3, 0.4) is 0 Å². The van der Waals surface area contributed by atoms with E-state index in [1.807, 2.05) is 60.7 Å². The van der Waals surface area contributed by atoms with Gasteiger partial charge in [0.05, 0.1) is 6.61 Å². The van der Waals surface area contributed by atoms with Crippen LogP contribution in [0.5, 0.6) is 5.75 Å². The molecule has 3 aromatic carbocycles. The van der Waals surface area contributed by atoms with Crippen molar-refractivity contribution >= 4 is 17.8 Å². The standard InChI is InChI=1S/C38H44N4O5/c1-24(36(45)46)41-35(44)32(42-34(43)28-12-16-30(17-13-28)38(5,6)7)20-25-8-10-27(11-9-25)33-39-21-29(22-40-33)26-14-18-31(19-15-26)47-23-37(2,3)4/h8-19,21-22,24,32H,20,23H2,1-7H3,(H,41,44)(H,42,43)(H,45,46)/t24-,32+/m1/s1. The van der Waals surface area contributed by atoms with Crippen molar-refractivity contribution in [3.8, 4) is 28.3 Å². The second-order valence-electron chi connectivity index (χ2n) is 14.0. The van der Waals surface area contributed by atoms with Crippen LogP contribution in [0.25, 0.3) is 22.5 Å². The number of carboxylic acid groups (broad SMARTS) is 1. The quantitative estimate of drug-likeness (QED) is 0.172. The first-order valence-electron chi connectivity index (χ1n) is 15.7. The van der Waals surface area contributed by atoms with Crippen LogP contribution in [0.4, 0.5) is 0 Å². The number of carbonyl (C=O) groups is 3. The van der Waals surface area contributed by atoms with E-state index in [0.29, 0.717) is 18.0 Å². The second kappa shape index (κ2) is 14.6. The molecular formula is C38H44N4O5. The third-order valence-corrected chi connectivity index (χ3v) is 7.53. The minimum Gasteiger partial charge on any atom is -0.493 e. The smallest absolute Gasteiger partial charge is 0.325 e. The lowest BCUT2D eigenvalue weighted by atomic mass is 9.86. The van der Waals surface area contributed by atoms with Crippen molar-refractivity contribution in [1.29, 1.82) is 0 Å². The minimum atomic E-state index is -1.17. The van der Waals surface area contributed by atoms with Crippen LogP contribution >= 0.6 is 0 Å². The van der Waals surface area contributed by atoms with Gasteiger partial charge in [-0.2, -0.15) is 0 Å². The van der Waals surface area contributed by atoms with Gasteiger partial charge in [0, 0.05) is 35.5 Å². The lowest BCUT2D eigenvalue weighted by Gasteiger charge is -2.21. The molecule has 0 radical (unpaired) electrons. The molecule has 0 saturated carbocycles. The molecule has 0 bridgehead atoms. The molecule has 0 fully saturated rings. The third-order valence-electron chi connectivity index (χ3n) is 7.53. The molecule has 0 spiro atoms. The molecule has 2 atom stereocenters. The summed E-state index contributed by atoms with van der Waals surface area (Å²) in [5.74, 6) is -0.824. The Labute approximate surface area is 276 Å². The van der Waals surface area contributed by atoms with Gasteiger partial charge >= 0.3 is 5.97 Å². The van der Waals surface area contributed by atoms with E-state index in [-0.39, 0.29) is 17.3 Å². The molecule has 0 unspecified atom stereocenters. The average Bonchev–Trinajstić information content (AvgIpc) is 3.03. The Bertz CT molecular complexity index is 1670. The second-order valence-corrected chi connectivity index (χ2v) is 14.0. The zero-order valence-corrected chi connectivity index (χ0v) is 28.1. The zero-order chi connectivity index (χ0) is 34.4. The van der Waals surface area contributed by atoms with Crippen molar-refractivity contribution in [1.82, 2.24) is 20.6 Å². The Morgan fingerprint density at radius 2 is 1.34 bits per heavy atom. The highest BCUT2D eigenvalue weighted by Crippen LogP contribution is 2.25. The summed E-state index contributed by atoms with van der Waals surface area (Å²) in [6.45, 7) is 14.6. The summed E-state index contributed by atoms with van der Waals surface area (Å²) in [4.78, 5) is 46.8. The van der Waals surface area contributed by atoms with E-state index >= 15 is 0 Å². The lowest BCUT2D eigenvalue weighted by Crippen LogP contribution is -2.51. The fraction of sp³-hybridized carbons (Fsp3) is 0.342. The molecule has 4 rings (SSSR count). The van der Waals surface area contributed by atoms with Crippen molar-refractivity contribution < 1.29 is 24.2 Å². The highest BCUT2D eigenvalue weighted by Gasteiger charge is 2.25. The van der Waals surface area contributed by atoms with E-state index in [9.17, 15) is 19.5 Å². The molecular weight excluding hydrogens is 592 g/mol. The summed E-state index contributed by atoms with van der Waals surface area (Å²) < 4.78 is 5.87. The van der Waals surface area contributed by atoms with E-state index in [2.05, 4.69) is 62.1 Å². The number of hydrogen-bond donors (Lipinski definition) is 3. The van der Waals surface area contributed by atoms with Crippen LogP contribution in [0.2, 0.25) is 0 Å². The van der Waals surface area contributed by atoms with Crippen LogP contribution in [0, 0.1) is 5.41 Å². The van der Waals surface area contributed by atoms with Gasteiger partial charge in [-0.05, 0) is 58.7 Å². The van der Waals surface area contributed by atoms with E-state index < -0.39 is 29.9 Å². The number of hydrogen-bond acceptors (Lipinski definition) is 6. The predicted octanol–water partition coefficient (Wildman–Crippen LogP) is 6.46. The number of aliphatic carboxylic acids is 1. The Hall–Kier alpha value is -5.05. The van der Waals surface area contributed by atoms with Gasteiger partial charge in [0.1, 0.15) is 17.8 Å². The molecule has 47 heavy (non-hydrogen) atoms. The maximum atomic E-state index is 13.2. The molecule has 3 N–H and O–H groups in total. The SMILES string of the molecule is C[C@@H](NC(=O)[C@H](Cc1ccc(-c2ncc(-c3ccc(OCC(C)(C)C)cc3)cn2)cc1)NC(=O)c1ccc(C(C)(C)C)cc1)C(=O)O. The van der Waals surface area contributed by atoms with Gasteiger partial charge in [0.15, 0.2) is 5.82 Å². The van der Waals surface area contributed by atoms with Crippen molar-refractivity contribution in [2.45, 2.75) is 72.4 Å². The summed E-state index contributed by atoms with van der Waals surface area (Å²) in [5, 5.41) is 14.6.